The number of ether oxygens (including phenoxy) is 1. The number of benzene rings is 2. The van der Waals surface area contributed by atoms with Gasteiger partial charge in [-0.1, -0.05) is 24.6 Å². The Morgan fingerprint density at radius 1 is 1.28 bits per heavy atom. The third kappa shape index (κ3) is 4.64. The number of thiazole rings is 1. The molecule has 0 radical (unpaired) electrons. The number of carbonyl (C=O) groups excluding carboxylic acids is 2. The Kier molecular flexibility index (Phi) is 6.48. The van der Waals surface area contributed by atoms with Crippen LogP contribution >= 0.6 is 22.9 Å². The molecule has 1 aliphatic heterocycles. The second-order valence-corrected chi connectivity index (χ2v) is 9.13. The molecule has 1 aliphatic rings. The van der Waals surface area contributed by atoms with Crippen LogP contribution in [0.4, 0.5) is 11.4 Å². The Balaban J connectivity index is 1.61. The lowest BCUT2D eigenvalue weighted by molar-refractivity contribution is -0.127. The highest BCUT2D eigenvalue weighted by Crippen LogP contribution is 2.38. The topological polar surface area (TPSA) is 71.5 Å². The first-order valence-electron chi connectivity index (χ1n) is 10.5. The minimum atomic E-state index is -0.676. The Hall–Kier alpha value is -2.90. The number of aromatic nitrogens is 1. The zero-order chi connectivity index (χ0) is 22.8. The van der Waals surface area contributed by atoms with Crippen molar-refractivity contribution in [1.29, 1.82) is 0 Å². The summed E-state index contributed by atoms with van der Waals surface area (Å²) < 4.78 is 5.79. The molecular formula is C24H24ClN3O3S. The van der Waals surface area contributed by atoms with Gasteiger partial charge in [-0.3, -0.25) is 14.5 Å². The van der Waals surface area contributed by atoms with E-state index in [0.717, 1.165) is 34.7 Å². The molecule has 1 aromatic heterocycles. The van der Waals surface area contributed by atoms with Gasteiger partial charge in [0.25, 0.3) is 5.91 Å². The molecule has 8 heteroatoms. The number of aryl methyl sites for hydroxylation is 2. The van der Waals surface area contributed by atoms with Crippen LogP contribution in [0.5, 0.6) is 5.75 Å². The molecule has 0 spiro atoms. The smallest absolute Gasteiger partial charge is 0.268 e. The summed E-state index contributed by atoms with van der Waals surface area (Å²) in [6.45, 7) is 5.56. The largest absolute Gasteiger partial charge is 0.479 e. The molecule has 2 amide bonds. The minimum Gasteiger partial charge on any atom is -0.479 e. The van der Waals surface area contributed by atoms with Gasteiger partial charge in [0.05, 0.1) is 16.4 Å². The molecule has 2 heterocycles. The quantitative estimate of drug-likeness (QED) is 0.519. The Labute approximate surface area is 196 Å². The van der Waals surface area contributed by atoms with E-state index < -0.39 is 6.10 Å². The summed E-state index contributed by atoms with van der Waals surface area (Å²) in [5.41, 5.74) is 3.80. The van der Waals surface area contributed by atoms with Crippen LogP contribution in [-0.4, -0.2) is 29.4 Å². The summed E-state index contributed by atoms with van der Waals surface area (Å²) in [5.74, 6) is -0.0118. The van der Waals surface area contributed by atoms with Crippen molar-refractivity contribution in [3.8, 4) is 17.0 Å². The van der Waals surface area contributed by atoms with Crippen molar-refractivity contribution in [3.05, 3.63) is 57.4 Å². The van der Waals surface area contributed by atoms with Gasteiger partial charge in [-0.2, -0.15) is 0 Å². The molecular weight excluding hydrogens is 446 g/mol. The standard InChI is InChI=1S/C24H24ClN3O3S/c1-4-5-23-27-19(13-32-23)16-7-9-21-20(10-16)28(24(30)15(3)31-21)12-22(29)26-18-11-17(25)8-6-14(18)2/h6-11,13,15H,4-5,12H2,1-3H3,(H,26,29). The molecule has 0 saturated carbocycles. The first kappa shape index (κ1) is 22.3. The highest BCUT2D eigenvalue weighted by molar-refractivity contribution is 7.09. The summed E-state index contributed by atoms with van der Waals surface area (Å²) in [6.07, 6.45) is 1.29. The third-order valence-corrected chi connectivity index (χ3v) is 6.40. The van der Waals surface area contributed by atoms with Gasteiger partial charge in [0.2, 0.25) is 5.91 Å². The molecule has 1 atom stereocenters. The van der Waals surface area contributed by atoms with Crippen LogP contribution in [0, 0.1) is 6.92 Å². The van der Waals surface area contributed by atoms with Crippen molar-refractivity contribution in [2.24, 2.45) is 0 Å². The van der Waals surface area contributed by atoms with Crippen molar-refractivity contribution in [2.75, 3.05) is 16.8 Å². The van der Waals surface area contributed by atoms with Crippen molar-refractivity contribution in [3.63, 3.8) is 0 Å². The number of fused-ring (bicyclic) bond motifs is 1. The fourth-order valence-corrected chi connectivity index (χ4v) is 4.65. The van der Waals surface area contributed by atoms with Crippen molar-refractivity contribution in [2.45, 2.75) is 39.7 Å². The molecule has 0 aliphatic carbocycles. The van der Waals surface area contributed by atoms with Crippen molar-refractivity contribution >= 4 is 46.1 Å². The fourth-order valence-electron chi connectivity index (χ4n) is 3.56. The highest BCUT2D eigenvalue weighted by atomic mass is 35.5. The maximum atomic E-state index is 12.9. The van der Waals surface area contributed by atoms with Crippen LogP contribution < -0.4 is 15.0 Å². The summed E-state index contributed by atoms with van der Waals surface area (Å²) in [4.78, 5) is 31.9. The number of halogens is 1. The lowest BCUT2D eigenvalue weighted by Gasteiger charge is -2.33. The van der Waals surface area contributed by atoms with E-state index in [1.807, 2.05) is 36.6 Å². The maximum absolute atomic E-state index is 12.9. The predicted molar refractivity (Wildman–Crippen MR) is 129 cm³/mol. The van der Waals surface area contributed by atoms with Gasteiger partial charge in [0.15, 0.2) is 6.10 Å². The second-order valence-electron chi connectivity index (χ2n) is 7.75. The number of hydrogen-bond acceptors (Lipinski definition) is 5. The van der Waals surface area contributed by atoms with Gasteiger partial charge < -0.3 is 10.1 Å². The number of anilines is 2. The number of nitrogens with zero attached hydrogens (tertiary/aromatic N) is 2. The summed E-state index contributed by atoms with van der Waals surface area (Å²) in [7, 11) is 0. The van der Waals surface area contributed by atoms with E-state index in [2.05, 4.69) is 12.2 Å². The van der Waals surface area contributed by atoms with E-state index >= 15 is 0 Å². The van der Waals surface area contributed by atoms with Gasteiger partial charge in [0.1, 0.15) is 12.3 Å². The summed E-state index contributed by atoms with van der Waals surface area (Å²) >= 11 is 7.69. The molecule has 6 nitrogen and oxygen atoms in total. The van der Waals surface area contributed by atoms with Gasteiger partial charge in [-0.15, -0.1) is 11.3 Å². The van der Waals surface area contributed by atoms with E-state index in [1.165, 1.54) is 4.90 Å². The number of carbonyl (C=O) groups is 2. The normalized spacial score (nSPS) is 15.3. The monoisotopic (exact) mass is 469 g/mol. The lowest BCUT2D eigenvalue weighted by atomic mass is 10.1. The van der Waals surface area contributed by atoms with E-state index in [0.29, 0.717) is 22.1 Å². The molecule has 0 fully saturated rings. The van der Waals surface area contributed by atoms with E-state index in [9.17, 15) is 9.59 Å². The van der Waals surface area contributed by atoms with Crippen LogP contribution in [0.3, 0.4) is 0 Å². The van der Waals surface area contributed by atoms with Crippen LogP contribution in [0.1, 0.15) is 30.8 Å². The third-order valence-electron chi connectivity index (χ3n) is 5.25. The first-order chi connectivity index (χ1) is 15.4. The summed E-state index contributed by atoms with van der Waals surface area (Å²) in [5, 5.41) is 6.48. The van der Waals surface area contributed by atoms with Crippen LogP contribution in [0.2, 0.25) is 5.02 Å². The number of hydrogen-bond donors (Lipinski definition) is 1. The predicted octanol–water partition coefficient (Wildman–Crippen LogP) is 5.48. The van der Waals surface area contributed by atoms with Crippen LogP contribution in [-0.2, 0) is 16.0 Å². The molecule has 0 saturated heterocycles. The molecule has 1 unspecified atom stereocenters. The number of rotatable bonds is 6. The van der Waals surface area contributed by atoms with Gasteiger partial charge >= 0.3 is 0 Å². The highest BCUT2D eigenvalue weighted by Gasteiger charge is 2.33. The molecule has 166 valence electrons. The molecule has 0 bridgehead atoms. The van der Waals surface area contributed by atoms with Gasteiger partial charge in [-0.25, -0.2) is 4.98 Å². The Morgan fingerprint density at radius 2 is 2.09 bits per heavy atom. The Morgan fingerprint density at radius 3 is 2.88 bits per heavy atom. The van der Waals surface area contributed by atoms with E-state index in [4.69, 9.17) is 21.3 Å². The first-order valence-corrected chi connectivity index (χ1v) is 11.7. The zero-order valence-corrected chi connectivity index (χ0v) is 19.7. The van der Waals surface area contributed by atoms with E-state index in [1.54, 1.807) is 30.4 Å². The average Bonchev–Trinajstić information content (AvgIpc) is 3.23. The maximum Gasteiger partial charge on any atom is 0.268 e. The van der Waals surface area contributed by atoms with Crippen molar-refractivity contribution in [1.82, 2.24) is 4.98 Å². The van der Waals surface area contributed by atoms with Crippen molar-refractivity contribution < 1.29 is 14.3 Å². The fraction of sp³-hybridized carbons (Fsp3) is 0.292. The van der Waals surface area contributed by atoms with Crippen LogP contribution in [0.15, 0.2) is 41.8 Å². The summed E-state index contributed by atoms with van der Waals surface area (Å²) in [6, 6.07) is 10.9. The molecule has 4 rings (SSSR count). The molecule has 3 aromatic rings. The minimum absolute atomic E-state index is 0.132. The molecule has 32 heavy (non-hydrogen) atoms. The SMILES string of the molecule is CCCc1nc(-c2ccc3c(c2)N(CC(=O)Nc2cc(Cl)ccc2C)C(=O)C(C)O3)cs1. The van der Waals surface area contributed by atoms with E-state index in [-0.39, 0.29) is 18.4 Å². The van der Waals surface area contributed by atoms with Crippen LogP contribution in [0.25, 0.3) is 11.3 Å². The Bertz CT molecular complexity index is 1180. The number of nitrogens with one attached hydrogen (secondary N) is 1. The number of amides is 2. The molecule has 1 N–H and O–H groups in total. The second kappa shape index (κ2) is 9.30. The van der Waals surface area contributed by atoms with Gasteiger partial charge in [-0.05, 0) is 62.6 Å². The average molecular weight is 470 g/mol. The van der Waals surface area contributed by atoms with Gasteiger partial charge in [0, 0.05) is 21.7 Å². The lowest BCUT2D eigenvalue weighted by Crippen LogP contribution is -2.47. The molecule has 2 aromatic carbocycles. The zero-order valence-electron chi connectivity index (χ0n) is 18.1.